The van der Waals surface area contributed by atoms with E-state index in [1.165, 1.54) is 15.9 Å². The lowest BCUT2D eigenvalue weighted by molar-refractivity contribution is -0.121. The van der Waals surface area contributed by atoms with Gasteiger partial charge in [-0.25, -0.2) is 4.79 Å². The quantitative estimate of drug-likeness (QED) is 0.360. The van der Waals surface area contributed by atoms with Crippen molar-refractivity contribution < 1.29 is 9.59 Å². The smallest absolute Gasteiger partial charge is 0.331 e. The maximum atomic E-state index is 13.1. The van der Waals surface area contributed by atoms with Crippen LogP contribution in [0.3, 0.4) is 0 Å². The molecule has 2 aromatic carbocycles. The van der Waals surface area contributed by atoms with Gasteiger partial charge in [0, 0.05) is 30.1 Å². The third-order valence-corrected chi connectivity index (χ3v) is 6.59. The first-order valence-electron chi connectivity index (χ1n) is 10.7. The van der Waals surface area contributed by atoms with Gasteiger partial charge in [0.05, 0.1) is 12.1 Å². The fourth-order valence-electron chi connectivity index (χ4n) is 3.64. The number of ketones is 1. The summed E-state index contributed by atoms with van der Waals surface area (Å²) in [6.45, 7) is 0.163. The Morgan fingerprint density at radius 3 is 2.41 bits per heavy atom. The van der Waals surface area contributed by atoms with Gasteiger partial charge in [0.1, 0.15) is 4.70 Å². The molecule has 4 rings (SSSR count). The molecular formula is C25H22ClN3O4S. The van der Waals surface area contributed by atoms with Gasteiger partial charge in [-0.05, 0) is 35.6 Å². The Balaban J connectivity index is 1.47. The van der Waals surface area contributed by atoms with E-state index in [-0.39, 0.29) is 31.2 Å². The van der Waals surface area contributed by atoms with Crippen LogP contribution in [0.5, 0.6) is 0 Å². The van der Waals surface area contributed by atoms with E-state index < -0.39 is 11.2 Å². The minimum absolute atomic E-state index is 0.0285. The van der Waals surface area contributed by atoms with Crippen molar-refractivity contribution in [1.29, 1.82) is 0 Å². The average Bonchev–Trinajstić information content (AvgIpc) is 3.33. The first-order valence-corrected chi connectivity index (χ1v) is 12.0. The molecule has 0 atom stereocenters. The summed E-state index contributed by atoms with van der Waals surface area (Å²) in [6, 6.07) is 17.7. The lowest BCUT2D eigenvalue weighted by Crippen LogP contribution is -2.41. The fraction of sp³-hybridized carbons (Fsp3) is 0.200. The van der Waals surface area contributed by atoms with Crippen molar-refractivity contribution >= 4 is 44.8 Å². The Morgan fingerprint density at radius 1 is 0.941 bits per heavy atom. The summed E-state index contributed by atoms with van der Waals surface area (Å²) in [6.07, 6.45) is 0.609. The lowest BCUT2D eigenvalue weighted by atomic mass is 10.1. The van der Waals surface area contributed by atoms with Gasteiger partial charge in [0.25, 0.3) is 5.56 Å². The number of aromatic nitrogens is 2. The number of halogens is 1. The van der Waals surface area contributed by atoms with Crippen molar-refractivity contribution in [2.24, 2.45) is 0 Å². The molecule has 34 heavy (non-hydrogen) atoms. The van der Waals surface area contributed by atoms with Crippen LogP contribution in [0.1, 0.15) is 22.3 Å². The van der Waals surface area contributed by atoms with Crippen molar-refractivity contribution in [1.82, 2.24) is 14.5 Å². The standard InChI is InChI=1S/C25H22ClN3O4S/c26-19-8-6-17(7-9-19)10-13-27-22(31)11-14-28-24(32)23-20(12-15-34-23)29(25(28)33)16-21(30)18-4-2-1-3-5-18/h1-9,12,15H,10-11,13-14,16H2,(H,27,31). The lowest BCUT2D eigenvalue weighted by Gasteiger charge is -2.12. The van der Waals surface area contributed by atoms with Crippen molar-refractivity contribution in [2.75, 3.05) is 6.54 Å². The van der Waals surface area contributed by atoms with Gasteiger partial charge in [-0.3, -0.25) is 23.5 Å². The highest BCUT2D eigenvalue weighted by atomic mass is 35.5. The van der Waals surface area contributed by atoms with E-state index in [9.17, 15) is 19.2 Å². The number of thiophene rings is 1. The van der Waals surface area contributed by atoms with Gasteiger partial charge in [-0.1, -0.05) is 54.1 Å². The van der Waals surface area contributed by atoms with Gasteiger partial charge in [-0.2, -0.15) is 0 Å². The average molecular weight is 496 g/mol. The van der Waals surface area contributed by atoms with Crippen LogP contribution < -0.4 is 16.6 Å². The van der Waals surface area contributed by atoms with Crippen molar-refractivity contribution in [2.45, 2.75) is 25.9 Å². The predicted octanol–water partition coefficient (Wildman–Crippen LogP) is 3.51. The Kier molecular flexibility index (Phi) is 7.40. The number of carbonyl (C=O) groups excluding carboxylic acids is 2. The zero-order valence-electron chi connectivity index (χ0n) is 18.2. The Morgan fingerprint density at radius 2 is 1.68 bits per heavy atom. The molecule has 0 saturated carbocycles. The maximum Gasteiger partial charge on any atom is 0.331 e. The largest absolute Gasteiger partial charge is 0.356 e. The van der Waals surface area contributed by atoms with Gasteiger partial charge in [-0.15, -0.1) is 11.3 Å². The number of hydrogen-bond donors (Lipinski definition) is 1. The first kappa shape index (κ1) is 23.7. The summed E-state index contributed by atoms with van der Waals surface area (Å²) in [5.41, 5.74) is 0.889. The number of amides is 1. The zero-order valence-corrected chi connectivity index (χ0v) is 19.8. The van der Waals surface area contributed by atoms with Gasteiger partial charge in [0.2, 0.25) is 5.91 Å². The Hall–Kier alpha value is -3.49. The first-order chi connectivity index (χ1) is 16.4. The molecule has 0 bridgehead atoms. The highest BCUT2D eigenvalue weighted by Gasteiger charge is 2.17. The van der Waals surface area contributed by atoms with Crippen LogP contribution >= 0.6 is 22.9 Å². The maximum absolute atomic E-state index is 13.1. The number of carbonyl (C=O) groups is 2. The number of benzene rings is 2. The number of nitrogens with one attached hydrogen (secondary N) is 1. The third kappa shape index (κ3) is 5.35. The van der Waals surface area contributed by atoms with Crippen LogP contribution in [0.4, 0.5) is 0 Å². The number of hydrogen-bond acceptors (Lipinski definition) is 5. The normalized spacial score (nSPS) is 11.0. The molecule has 0 radical (unpaired) electrons. The highest BCUT2D eigenvalue weighted by molar-refractivity contribution is 7.17. The number of Topliss-reactive ketones (excluding diaryl/α,β-unsaturated/α-hetero) is 1. The summed E-state index contributed by atoms with van der Waals surface area (Å²) in [4.78, 5) is 51.1. The zero-order chi connectivity index (χ0) is 24.1. The van der Waals surface area contributed by atoms with E-state index in [0.717, 1.165) is 10.1 Å². The summed E-state index contributed by atoms with van der Waals surface area (Å²) in [5, 5.41) is 5.17. The predicted molar refractivity (Wildman–Crippen MR) is 134 cm³/mol. The number of rotatable bonds is 9. The molecular weight excluding hydrogens is 474 g/mol. The molecule has 1 N–H and O–H groups in total. The van der Waals surface area contributed by atoms with Crippen LogP contribution in [0.15, 0.2) is 75.6 Å². The fourth-order valence-corrected chi connectivity index (χ4v) is 4.61. The van der Waals surface area contributed by atoms with Crippen LogP contribution in [-0.4, -0.2) is 27.4 Å². The molecule has 0 unspecified atom stereocenters. The summed E-state index contributed by atoms with van der Waals surface area (Å²) in [5.74, 6) is -0.501. The van der Waals surface area contributed by atoms with Crippen molar-refractivity contribution in [3.63, 3.8) is 0 Å². The summed E-state index contributed by atoms with van der Waals surface area (Å²) < 4.78 is 2.72. The second-order valence-electron chi connectivity index (χ2n) is 7.73. The number of fused-ring (bicyclic) bond motifs is 1. The molecule has 0 aliphatic carbocycles. The molecule has 7 nitrogen and oxygen atoms in total. The SMILES string of the molecule is O=C(CCn1c(=O)c2sccc2n(CC(=O)c2ccccc2)c1=O)NCCc1ccc(Cl)cc1. The van der Waals surface area contributed by atoms with E-state index in [1.54, 1.807) is 53.9 Å². The molecule has 1 amide bonds. The van der Waals surface area contributed by atoms with Gasteiger partial charge >= 0.3 is 5.69 Å². The molecule has 174 valence electrons. The number of nitrogens with zero attached hydrogens (tertiary/aromatic N) is 2. The van der Waals surface area contributed by atoms with Crippen LogP contribution in [0.2, 0.25) is 5.02 Å². The molecule has 0 saturated heterocycles. The topological polar surface area (TPSA) is 90.2 Å². The van der Waals surface area contributed by atoms with E-state index >= 15 is 0 Å². The molecule has 4 aromatic rings. The molecule has 0 spiro atoms. The third-order valence-electron chi connectivity index (χ3n) is 5.45. The molecule has 9 heteroatoms. The van der Waals surface area contributed by atoms with Gasteiger partial charge < -0.3 is 5.32 Å². The van der Waals surface area contributed by atoms with E-state index in [4.69, 9.17) is 11.6 Å². The second kappa shape index (κ2) is 10.6. The van der Waals surface area contributed by atoms with Crippen LogP contribution in [0.25, 0.3) is 10.2 Å². The molecule has 0 aliphatic heterocycles. The molecule has 2 aromatic heterocycles. The van der Waals surface area contributed by atoms with Crippen LogP contribution in [-0.2, 0) is 24.3 Å². The van der Waals surface area contributed by atoms with E-state index in [2.05, 4.69) is 5.32 Å². The molecule has 2 heterocycles. The summed E-state index contributed by atoms with van der Waals surface area (Å²) in [7, 11) is 0. The molecule has 0 aliphatic rings. The van der Waals surface area contributed by atoms with Gasteiger partial charge in [0.15, 0.2) is 5.78 Å². The monoisotopic (exact) mass is 495 g/mol. The van der Waals surface area contributed by atoms with E-state index in [0.29, 0.717) is 33.8 Å². The Bertz CT molecular complexity index is 1440. The second-order valence-corrected chi connectivity index (χ2v) is 9.08. The van der Waals surface area contributed by atoms with Crippen molar-refractivity contribution in [3.05, 3.63) is 103 Å². The highest BCUT2D eigenvalue weighted by Crippen LogP contribution is 2.16. The minimum atomic E-state index is -0.603. The van der Waals surface area contributed by atoms with Crippen molar-refractivity contribution in [3.8, 4) is 0 Å². The minimum Gasteiger partial charge on any atom is -0.356 e. The van der Waals surface area contributed by atoms with E-state index in [1.807, 2.05) is 12.1 Å². The summed E-state index contributed by atoms with van der Waals surface area (Å²) >= 11 is 7.08. The van der Waals surface area contributed by atoms with Crippen LogP contribution in [0, 0.1) is 0 Å². The molecule has 0 fully saturated rings. The Labute approximate surface area is 204 Å².